The van der Waals surface area contributed by atoms with Crippen LogP contribution in [0.15, 0.2) is 35.2 Å². The predicted octanol–water partition coefficient (Wildman–Crippen LogP) is 5.30. The SMILES string of the molecule is CCSc1cc(C(=O)O[C@@H]2CC[C@@H]3CC(OC)CCC3C2)c(N)c2c1C(=O)c1ccccc1C2=O. The number of carbonyl (C=O) groups excluding carboxylic acids is 3. The lowest BCUT2D eigenvalue weighted by atomic mass is 9.69. The Kier molecular flexibility index (Phi) is 6.73. The molecule has 0 radical (unpaired) electrons. The van der Waals surface area contributed by atoms with Gasteiger partial charge in [-0.15, -0.1) is 11.8 Å². The smallest absolute Gasteiger partial charge is 0.340 e. The standard InChI is InChI=1S/C28H31NO5S/c1-3-35-22-14-21(25(29)24-23(22)26(30)19-6-4-5-7-20(19)27(24)31)28(32)34-18-11-9-15-12-17(33-2)10-8-16(15)13-18/h4-7,14-18H,3,8-13,29H2,1-2H3/t15-,16?,17?,18-/m1/s1. The van der Waals surface area contributed by atoms with Gasteiger partial charge in [-0.25, -0.2) is 4.79 Å². The van der Waals surface area contributed by atoms with Gasteiger partial charge in [-0.05, 0) is 62.2 Å². The fourth-order valence-electron chi connectivity index (χ4n) is 6.06. The van der Waals surface area contributed by atoms with Crippen LogP contribution in [-0.4, -0.2) is 42.6 Å². The minimum Gasteiger partial charge on any atom is -0.459 e. The Labute approximate surface area is 209 Å². The first kappa shape index (κ1) is 24.1. The summed E-state index contributed by atoms with van der Waals surface area (Å²) in [5.74, 6) is 0.765. The first-order valence-corrected chi connectivity index (χ1v) is 13.4. The number of fused-ring (bicyclic) bond motifs is 3. The number of esters is 1. The Morgan fingerprint density at radius 3 is 2.20 bits per heavy atom. The molecule has 184 valence electrons. The molecular weight excluding hydrogens is 462 g/mol. The molecule has 2 unspecified atom stereocenters. The average molecular weight is 494 g/mol. The number of rotatable bonds is 5. The van der Waals surface area contributed by atoms with E-state index in [1.807, 2.05) is 6.92 Å². The first-order valence-electron chi connectivity index (χ1n) is 12.4. The molecule has 0 aromatic heterocycles. The summed E-state index contributed by atoms with van der Waals surface area (Å²) in [4.78, 5) is 40.7. The maximum Gasteiger partial charge on any atom is 0.340 e. The number of anilines is 1. The van der Waals surface area contributed by atoms with Gasteiger partial charge in [-0.1, -0.05) is 31.2 Å². The molecule has 7 heteroatoms. The van der Waals surface area contributed by atoms with E-state index in [4.69, 9.17) is 15.2 Å². The molecule has 2 aromatic carbocycles. The van der Waals surface area contributed by atoms with Crippen molar-refractivity contribution in [2.45, 2.75) is 62.6 Å². The van der Waals surface area contributed by atoms with Gasteiger partial charge in [-0.3, -0.25) is 9.59 Å². The van der Waals surface area contributed by atoms with Crippen molar-refractivity contribution in [3.05, 3.63) is 58.1 Å². The van der Waals surface area contributed by atoms with Crippen LogP contribution in [0, 0.1) is 11.8 Å². The normalized spacial score (nSPS) is 25.4. The van der Waals surface area contributed by atoms with Crippen LogP contribution in [0.5, 0.6) is 0 Å². The lowest BCUT2D eigenvalue weighted by molar-refractivity contribution is -0.0274. The maximum atomic E-state index is 13.4. The summed E-state index contributed by atoms with van der Waals surface area (Å²) in [6.07, 6.45) is 6.06. The summed E-state index contributed by atoms with van der Waals surface area (Å²) in [6.45, 7) is 1.96. The number of nitrogen functional groups attached to an aromatic ring is 1. The van der Waals surface area contributed by atoms with E-state index in [2.05, 4.69) is 0 Å². The molecule has 2 fully saturated rings. The molecule has 0 amide bonds. The number of ether oxygens (including phenoxy) is 2. The zero-order chi connectivity index (χ0) is 24.7. The topological polar surface area (TPSA) is 95.7 Å². The van der Waals surface area contributed by atoms with Crippen LogP contribution in [-0.2, 0) is 9.47 Å². The van der Waals surface area contributed by atoms with Crippen LogP contribution < -0.4 is 5.73 Å². The molecule has 2 saturated carbocycles. The third-order valence-corrected chi connectivity index (χ3v) is 8.77. The van der Waals surface area contributed by atoms with Crippen molar-refractivity contribution < 1.29 is 23.9 Å². The summed E-state index contributed by atoms with van der Waals surface area (Å²) in [7, 11) is 1.78. The molecule has 0 aliphatic heterocycles. The van der Waals surface area contributed by atoms with Gasteiger partial charge in [0.1, 0.15) is 6.10 Å². The monoisotopic (exact) mass is 493 g/mol. The molecule has 35 heavy (non-hydrogen) atoms. The second-order valence-corrected chi connectivity index (χ2v) is 11.1. The molecule has 2 aromatic rings. The van der Waals surface area contributed by atoms with E-state index in [9.17, 15) is 14.4 Å². The Balaban J connectivity index is 1.43. The van der Waals surface area contributed by atoms with Crippen LogP contribution >= 0.6 is 11.8 Å². The van der Waals surface area contributed by atoms with Crippen LogP contribution in [0.4, 0.5) is 5.69 Å². The zero-order valence-corrected chi connectivity index (χ0v) is 21.0. The van der Waals surface area contributed by atoms with Crippen LogP contribution in [0.25, 0.3) is 0 Å². The van der Waals surface area contributed by atoms with E-state index < -0.39 is 5.97 Å². The van der Waals surface area contributed by atoms with Crippen molar-refractivity contribution in [3.8, 4) is 0 Å². The molecule has 0 spiro atoms. The molecule has 3 aliphatic carbocycles. The van der Waals surface area contributed by atoms with Crippen molar-refractivity contribution in [2.75, 3.05) is 18.6 Å². The van der Waals surface area contributed by atoms with Gasteiger partial charge < -0.3 is 15.2 Å². The van der Waals surface area contributed by atoms with E-state index in [1.54, 1.807) is 37.4 Å². The molecule has 2 N–H and O–H groups in total. The van der Waals surface area contributed by atoms with Gasteiger partial charge in [0, 0.05) is 28.7 Å². The molecule has 3 aliphatic rings. The van der Waals surface area contributed by atoms with E-state index in [0.717, 1.165) is 38.5 Å². The van der Waals surface area contributed by atoms with Crippen LogP contribution in [0.3, 0.4) is 0 Å². The second-order valence-electron chi connectivity index (χ2n) is 9.75. The number of methoxy groups -OCH3 is 1. The van der Waals surface area contributed by atoms with Gasteiger partial charge in [0.2, 0.25) is 0 Å². The third kappa shape index (κ3) is 4.29. The lowest BCUT2D eigenvalue weighted by Gasteiger charge is -2.41. The fourth-order valence-corrected chi connectivity index (χ4v) is 6.91. The molecule has 6 nitrogen and oxygen atoms in total. The van der Waals surface area contributed by atoms with E-state index in [-0.39, 0.29) is 34.5 Å². The van der Waals surface area contributed by atoms with E-state index in [0.29, 0.717) is 45.3 Å². The molecule has 0 bridgehead atoms. The summed E-state index contributed by atoms with van der Waals surface area (Å²) in [6, 6.07) is 8.40. The molecular formula is C28H31NO5S. The van der Waals surface area contributed by atoms with Crippen LogP contribution in [0.2, 0.25) is 0 Å². The van der Waals surface area contributed by atoms with Gasteiger partial charge >= 0.3 is 5.97 Å². The number of ketones is 2. The van der Waals surface area contributed by atoms with Crippen LogP contribution in [0.1, 0.15) is 87.6 Å². The summed E-state index contributed by atoms with van der Waals surface area (Å²) < 4.78 is 11.5. The van der Waals surface area contributed by atoms with Crippen molar-refractivity contribution in [2.24, 2.45) is 11.8 Å². The third-order valence-electron chi connectivity index (χ3n) is 7.85. The highest BCUT2D eigenvalue weighted by Crippen LogP contribution is 2.43. The lowest BCUT2D eigenvalue weighted by Crippen LogP contribution is -2.37. The minimum atomic E-state index is -0.517. The first-order chi connectivity index (χ1) is 16.9. The van der Waals surface area contributed by atoms with Crippen molar-refractivity contribution in [1.82, 2.24) is 0 Å². The Morgan fingerprint density at radius 2 is 1.57 bits per heavy atom. The molecule has 0 saturated heterocycles. The highest BCUT2D eigenvalue weighted by atomic mass is 32.2. The maximum absolute atomic E-state index is 13.4. The van der Waals surface area contributed by atoms with Crippen molar-refractivity contribution >= 4 is 35.0 Å². The summed E-state index contributed by atoms with van der Waals surface area (Å²) >= 11 is 1.43. The summed E-state index contributed by atoms with van der Waals surface area (Å²) in [5.41, 5.74) is 7.75. The van der Waals surface area contributed by atoms with Gasteiger partial charge in [0.15, 0.2) is 11.6 Å². The minimum absolute atomic E-state index is 0.0348. The summed E-state index contributed by atoms with van der Waals surface area (Å²) in [5, 5.41) is 0. The highest BCUT2D eigenvalue weighted by Gasteiger charge is 2.39. The Morgan fingerprint density at radius 1 is 0.971 bits per heavy atom. The van der Waals surface area contributed by atoms with Crippen molar-refractivity contribution in [3.63, 3.8) is 0 Å². The quantitative estimate of drug-likeness (QED) is 0.293. The van der Waals surface area contributed by atoms with Crippen molar-refractivity contribution in [1.29, 1.82) is 0 Å². The second kappa shape index (κ2) is 9.78. The van der Waals surface area contributed by atoms with Gasteiger partial charge in [-0.2, -0.15) is 0 Å². The number of hydrogen-bond donors (Lipinski definition) is 1. The van der Waals surface area contributed by atoms with E-state index >= 15 is 0 Å². The highest BCUT2D eigenvalue weighted by molar-refractivity contribution is 7.99. The Bertz CT molecular complexity index is 1190. The fraction of sp³-hybridized carbons (Fsp3) is 0.464. The number of thioether (sulfide) groups is 1. The van der Waals surface area contributed by atoms with E-state index in [1.165, 1.54) is 11.8 Å². The van der Waals surface area contributed by atoms with Gasteiger partial charge in [0.05, 0.1) is 22.9 Å². The number of hydrogen-bond acceptors (Lipinski definition) is 7. The predicted molar refractivity (Wildman–Crippen MR) is 135 cm³/mol. The Hall–Kier alpha value is -2.64. The molecule has 4 atom stereocenters. The largest absolute Gasteiger partial charge is 0.459 e. The molecule has 5 rings (SSSR count). The number of nitrogens with two attached hydrogens (primary N) is 1. The molecule has 0 heterocycles. The average Bonchev–Trinajstić information content (AvgIpc) is 2.87. The number of carbonyl (C=O) groups is 3. The number of benzene rings is 2. The zero-order valence-electron chi connectivity index (χ0n) is 20.2. The van der Waals surface area contributed by atoms with Gasteiger partial charge in [0.25, 0.3) is 0 Å².